The fourth-order valence-corrected chi connectivity index (χ4v) is 4.46. The van der Waals surface area contributed by atoms with Crippen molar-refractivity contribution < 1.29 is 18.6 Å². The van der Waals surface area contributed by atoms with E-state index < -0.39 is 22.7 Å². The Morgan fingerprint density at radius 1 is 1.25 bits per heavy atom. The molecule has 0 amide bonds. The van der Waals surface area contributed by atoms with Gasteiger partial charge in [0.25, 0.3) is 0 Å². The molecular weight excluding hydrogens is 434 g/mol. The van der Waals surface area contributed by atoms with E-state index in [4.69, 9.17) is 16.2 Å². The van der Waals surface area contributed by atoms with Crippen LogP contribution < -0.4 is 10.5 Å². The standard InChI is InChI=1S/C20H23N7O4S/c1-27-17-5-3-13(32(30,31)23-9-12(29)10-28)7-16(17)26-19(27)8-18-24-14-4-2-11(20(21)22)6-15(14)25-18/h2-7,12,23,28-29H,8-10H2,1H3,(H3,21,22)(H,24,25). The van der Waals surface area contributed by atoms with Crippen molar-refractivity contribution in [3.8, 4) is 0 Å². The van der Waals surface area contributed by atoms with Crippen LogP contribution in [-0.4, -0.2) is 63.2 Å². The molecule has 1 atom stereocenters. The smallest absolute Gasteiger partial charge is 0.240 e. The molecule has 2 aromatic heterocycles. The zero-order valence-electron chi connectivity index (χ0n) is 17.2. The SMILES string of the molecule is Cn1c(Cc2nc3ccc(C(=N)N)cc3[nH]2)nc2cc(S(=O)(=O)NCC(O)CO)ccc21. The monoisotopic (exact) mass is 457 g/mol. The van der Waals surface area contributed by atoms with Crippen molar-refractivity contribution in [1.29, 1.82) is 5.41 Å². The summed E-state index contributed by atoms with van der Waals surface area (Å²) in [4.78, 5) is 12.4. The molecule has 4 rings (SSSR count). The van der Waals surface area contributed by atoms with Gasteiger partial charge in [-0.1, -0.05) is 0 Å². The minimum Gasteiger partial charge on any atom is -0.394 e. The molecule has 168 valence electrons. The molecule has 2 aromatic carbocycles. The van der Waals surface area contributed by atoms with E-state index in [0.29, 0.717) is 29.1 Å². The minimum absolute atomic E-state index is 0.0142. The van der Waals surface area contributed by atoms with Crippen molar-refractivity contribution in [1.82, 2.24) is 24.2 Å². The largest absolute Gasteiger partial charge is 0.394 e. The van der Waals surface area contributed by atoms with Gasteiger partial charge in [-0.25, -0.2) is 23.1 Å². The minimum atomic E-state index is -3.86. The van der Waals surface area contributed by atoms with Crippen LogP contribution >= 0.6 is 0 Å². The summed E-state index contributed by atoms with van der Waals surface area (Å²) in [5, 5.41) is 25.8. The molecule has 0 spiro atoms. The predicted molar refractivity (Wildman–Crippen MR) is 119 cm³/mol. The summed E-state index contributed by atoms with van der Waals surface area (Å²) in [5.74, 6) is 1.33. The molecule has 0 saturated heterocycles. The summed E-state index contributed by atoms with van der Waals surface area (Å²) < 4.78 is 29.1. The quantitative estimate of drug-likeness (QED) is 0.158. The van der Waals surface area contributed by atoms with Crippen LogP contribution in [0.4, 0.5) is 0 Å². The van der Waals surface area contributed by atoms with Crippen LogP contribution in [0.2, 0.25) is 0 Å². The molecule has 0 aliphatic carbocycles. The van der Waals surface area contributed by atoms with Gasteiger partial charge in [0.15, 0.2) is 0 Å². The van der Waals surface area contributed by atoms with Gasteiger partial charge in [-0.3, -0.25) is 5.41 Å². The van der Waals surface area contributed by atoms with E-state index in [-0.39, 0.29) is 17.3 Å². The van der Waals surface area contributed by atoms with Gasteiger partial charge in [0, 0.05) is 19.2 Å². The number of hydrogen-bond acceptors (Lipinski definition) is 7. The van der Waals surface area contributed by atoms with E-state index >= 15 is 0 Å². The maximum Gasteiger partial charge on any atom is 0.240 e. The van der Waals surface area contributed by atoms with Crippen LogP contribution in [0, 0.1) is 5.41 Å². The number of amidine groups is 1. The fraction of sp³-hybridized carbons (Fsp3) is 0.250. The number of imidazole rings is 2. The third-order valence-electron chi connectivity index (χ3n) is 5.14. The summed E-state index contributed by atoms with van der Waals surface area (Å²) >= 11 is 0. The van der Waals surface area contributed by atoms with E-state index in [1.54, 1.807) is 24.3 Å². The van der Waals surface area contributed by atoms with Gasteiger partial charge >= 0.3 is 0 Å². The van der Waals surface area contributed by atoms with E-state index in [1.807, 2.05) is 11.6 Å². The van der Waals surface area contributed by atoms with Gasteiger partial charge in [0.2, 0.25) is 10.0 Å². The van der Waals surface area contributed by atoms with Crippen molar-refractivity contribution in [2.24, 2.45) is 12.8 Å². The summed E-state index contributed by atoms with van der Waals surface area (Å²) in [6.45, 7) is -0.829. The molecule has 32 heavy (non-hydrogen) atoms. The molecule has 0 aliphatic heterocycles. The highest BCUT2D eigenvalue weighted by Gasteiger charge is 2.18. The number of aromatic amines is 1. The number of fused-ring (bicyclic) bond motifs is 2. The van der Waals surface area contributed by atoms with Gasteiger partial charge in [-0.15, -0.1) is 0 Å². The first-order valence-corrected chi connectivity index (χ1v) is 11.2. The molecule has 2 heterocycles. The summed E-state index contributed by atoms with van der Waals surface area (Å²) in [6, 6.07) is 9.89. The van der Waals surface area contributed by atoms with Crippen molar-refractivity contribution in [2.45, 2.75) is 17.4 Å². The zero-order chi connectivity index (χ0) is 23.0. The second kappa shape index (κ2) is 8.31. The molecule has 0 saturated carbocycles. The van der Waals surface area contributed by atoms with Gasteiger partial charge in [0.1, 0.15) is 17.5 Å². The molecule has 0 radical (unpaired) electrons. The van der Waals surface area contributed by atoms with E-state index in [0.717, 1.165) is 16.6 Å². The molecule has 4 aromatic rings. The van der Waals surface area contributed by atoms with E-state index in [9.17, 15) is 13.5 Å². The normalized spacial score (nSPS) is 13.1. The first kappa shape index (κ1) is 21.9. The summed E-state index contributed by atoms with van der Waals surface area (Å²) in [6.07, 6.45) is -0.788. The first-order valence-electron chi connectivity index (χ1n) is 9.75. The van der Waals surface area contributed by atoms with Crippen LogP contribution in [0.1, 0.15) is 17.2 Å². The molecule has 0 bridgehead atoms. The Morgan fingerprint density at radius 2 is 2.03 bits per heavy atom. The second-order valence-corrected chi connectivity index (χ2v) is 9.20. The Morgan fingerprint density at radius 3 is 2.75 bits per heavy atom. The van der Waals surface area contributed by atoms with E-state index in [2.05, 4.69) is 19.7 Å². The van der Waals surface area contributed by atoms with Gasteiger partial charge in [-0.05, 0) is 36.4 Å². The fourth-order valence-electron chi connectivity index (χ4n) is 3.37. The molecule has 1 unspecified atom stereocenters. The molecule has 7 N–H and O–H groups in total. The van der Waals surface area contributed by atoms with Crippen LogP contribution in [0.15, 0.2) is 41.3 Å². The number of aryl methyl sites for hydroxylation is 1. The van der Waals surface area contributed by atoms with Crippen LogP contribution in [0.5, 0.6) is 0 Å². The average Bonchev–Trinajstić information content (AvgIpc) is 3.31. The average molecular weight is 458 g/mol. The number of rotatable bonds is 8. The molecule has 12 heteroatoms. The third kappa shape index (κ3) is 4.21. The summed E-state index contributed by atoms with van der Waals surface area (Å²) in [5.41, 5.74) is 8.91. The highest BCUT2D eigenvalue weighted by Crippen LogP contribution is 2.22. The number of aliphatic hydroxyl groups is 2. The van der Waals surface area contributed by atoms with Crippen molar-refractivity contribution in [3.05, 3.63) is 53.6 Å². The highest BCUT2D eigenvalue weighted by atomic mass is 32.2. The maximum absolute atomic E-state index is 12.5. The highest BCUT2D eigenvalue weighted by molar-refractivity contribution is 7.89. The Hall–Kier alpha value is -3.32. The number of aliphatic hydroxyl groups excluding tert-OH is 2. The Balaban J connectivity index is 1.62. The molecule has 0 aliphatic rings. The number of nitrogens with zero attached hydrogens (tertiary/aromatic N) is 3. The maximum atomic E-state index is 12.5. The number of aromatic nitrogens is 4. The number of benzene rings is 2. The lowest BCUT2D eigenvalue weighted by atomic mass is 10.2. The number of H-pyrrole nitrogens is 1. The summed E-state index contributed by atoms with van der Waals surface area (Å²) in [7, 11) is -2.03. The number of hydrogen-bond donors (Lipinski definition) is 6. The lowest BCUT2D eigenvalue weighted by Gasteiger charge is -2.09. The molecule has 0 fully saturated rings. The van der Waals surface area contributed by atoms with Gasteiger partial charge < -0.3 is 25.5 Å². The number of nitrogen functional groups attached to an aromatic ring is 1. The van der Waals surface area contributed by atoms with Crippen molar-refractivity contribution >= 4 is 37.9 Å². The van der Waals surface area contributed by atoms with Crippen molar-refractivity contribution in [3.63, 3.8) is 0 Å². The molecule has 11 nitrogen and oxygen atoms in total. The second-order valence-electron chi connectivity index (χ2n) is 7.43. The number of sulfonamides is 1. The molecular formula is C20H23N7O4S. The van der Waals surface area contributed by atoms with E-state index in [1.165, 1.54) is 12.1 Å². The lowest BCUT2D eigenvalue weighted by Crippen LogP contribution is -2.33. The van der Waals surface area contributed by atoms with Crippen LogP contribution in [0.25, 0.3) is 22.1 Å². The van der Waals surface area contributed by atoms with Gasteiger partial charge in [0.05, 0.1) is 46.1 Å². The first-order chi connectivity index (χ1) is 15.2. The van der Waals surface area contributed by atoms with Gasteiger partial charge in [-0.2, -0.15) is 0 Å². The number of nitrogens with two attached hydrogens (primary N) is 1. The Kier molecular flexibility index (Phi) is 5.69. The third-order valence-corrected chi connectivity index (χ3v) is 6.56. The zero-order valence-corrected chi connectivity index (χ0v) is 18.0. The predicted octanol–water partition coefficient (Wildman–Crippen LogP) is -0.0440. The van der Waals surface area contributed by atoms with Crippen LogP contribution in [-0.2, 0) is 23.5 Å². The lowest BCUT2D eigenvalue weighted by molar-refractivity contribution is 0.0988. The number of nitrogens with one attached hydrogen (secondary N) is 3. The topological polar surface area (TPSA) is 183 Å². The van der Waals surface area contributed by atoms with Crippen molar-refractivity contribution in [2.75, 3.05) is 13.2 Å². The Labute approximate surface area is 183 Å². The Bertz CT molecular complexity index is 1420. The van der Waals surface area contributed by atoms with Crippen LogP contribution in [0.3, 0.4) is 0 Å².